The van der Waals surface area contributed by atoms with E-state index in [0.29, 0.717) is 11.0 Å². The second-order valence-corrected chi connectivity index (χ2v) is 7.13. The predicted molar refractivity (Wildman–Crippen MR) is 94.9 cm³/mol. The summed E-state index contributed by atoms with van der Waals surface area (Å²) < 4.78 is 1.83. The summed E-state index contributed by atoms with van der Waals surface area (Å²) in [5.41, 5.74) is 4.15. The molecule has 21 heavy (non-hydrogen) atoms. The number of halogens is 3. The molecule has 3 rings (SSSR count). The molecule has 0 aliphatic rings. The van der Waals surface area contributed by atoms with Crippen LogP contribution >= 0.6 is 43.5 Å². The van der Waals surface area contributed by atoms with Crippen LogP contribution in [0.5, 0.6) is 0 Å². The van der Waals surface area contributed by atoms with Gasteiger partial charge in [0.2, 0.25) is 0 Å². The molecule has 0 spiro atoms. The summed E-state index contributed by atoms with van der Waals surface area (Å²) in [4.78, 5) is 9.11. The molecule has 5 heteroatoms. The Morgan fingerprint density at radius 3 is 2.24 bits per heavy atom. The standard InChI is InChI=1S/C16H11Br2ClN2/c1-8-3-9(2)5-10(4-8)16-20-14-12(15(19)21-16)6-11(17)7-13(14)18/h3-7H,1-2H3. The third-order valence-corrected chi connectivity index (χ3v) is 4.50. The Morgan fingerprint density at radius 1 is 0.905 bits per heavy atom. The average molecular weight is 427 g/mol. The molecule has 2 aromatic carbocycles. The van der Waals surface area contributed by atoms with Gasteiger partial charge in [-0.15, -0.1) is 0 Å². The van der Waals surface area contributed by atoms with Crippen LogP contribution in [0, 0.1) is 13.8 Å². The van der Waals surface area contributed by atoms with Gasteiger partial charge >= 0.3 is 0 Å². The first kappa shape index (κ1) is 14.9. The summed E-state index contributed by atoms with van der Waals surface area (Å²) >= 11 is 13.3. The van der Waals surface area contributed by atoms with Gasteiger partial charge in [-0.1, -0.05) is 44.7 Å². The van der Waals surface area contributed by atoms with Crippen molar-refractivity contribution in [2.75, 3.05) is 0 Å². The maximum atomic E-state index is 6.34. The smallest absolute Gasteiger partial charge is 0.161 e. The highest BCUT2D eigenvalue weighted by Crippen LogP contribution is 2.32. The number of fused-ring (bicyclic) bond motifs is 1. The van der Waals surface area contributed by atoms with Crippen LogP contribution in [-0.2, 0) is 0 Å². The van der Waals surface area contributed by atoms with Crippen molar-refractivity contribution in [3.63, 3.8) is 0 Å². The zero-order valence-corrected chi connectivity index (χ0v) is 15.3. The first-order valence-electron chi connectivity index (χ1n) is 6.35. The largest absolute Gasteiger partial charge is 0.227 e. The van der Waals surface area contributed by atoms with Crippen molar-refractivity contribution in [3.8, 4) is 11.4 Å². The van der Waals surface area contributed by atoms with Gasteiger partial charge in [0.15, 0.2) is 5.82 Å². The molecule has 0 aliphatic carbocycles. The average Bonchev–Trinajstić information content (AvgIpc) is 2.38. The molecule has 0 saturated carbocycles. The normalized spacial score (nSPS) is 11.1. The summed E-state index contributed by atoms with van der Waals surface area (Å²) in [6.07, 6.45) is 0. The van der Waals surface area contributed by atoms with Gasteiger partial charge in [-0.25, -0.2) is 9.97 Å². The first-order valence-corrected chi connectivity index (χ1v) is 8.31. The molecule has 0 saturated heterocycles. The summed E-state index contributed by atoms with van der Waals surface area (Å²) in [5.74, 6) is 0.641. The number of hydrogen-bond donors (Lipinski definition) is 0. The van der Waals surface area contributed by atoms with Crippen LogP contribution in [-0.4, -0.2) is 9.97 Å². The number of aryl methyl sites for hydroxylation is 2. The van der Waals surface area contributed by atoms with Gasteiger partial charge in [0.25, 0.3) is 0 Å². The maximum Gasteiger partial charge on any atom is 0.161 e. The van der Waals surface area contributed by atoms with Crippen molar-refractivity contribution in [1.82, 2.24) is 9.97 Å². The number of aromatic nitrogens is 2. The van der Waals surface area contributed by atoms with Crippen LogP contribution in [0.2, 0.25) is 5.15 Å². The van der Waals surface area contributed by atoms with Crippen LogP contribution in [0.1, 0.15) is 11.1 Å². The highest BCUT2D eigenvalue weighted by molar-refractivity contribution is 9.11. The predicted octanol–water partition coefficient (Wildman–Crippen LogP) is 6.09. The molecule has 0 fully saturated rings. The number of hydrogen-bond acceptors (Lipinski definition) is 2. The summed E-state index contributed by atoms with van der Waals surface area (Å²) in [6, 6.07) is 10.1. The van der Waals surface area contributed by atoms with E-state index in [1.165, 1.54) is 11.1 Å². The highest BCUT2D eigenvalue weighted by Gasteiger charge is 2.12. The summed E-state index contributed by atoms with van der Waals surface area (Å²) in [7, 11) is 0. The van der Waals surface area contributed by atoms with E-state index in [1.807, 2.05) is 12.1 Å². The zero-order valence-electron chi connectivity index (χ0n) is 11.4. The molecule has 3 aromatic rings. The Bertz CT molecular complexity index is 842. The van der Waals surface area contributed by atoms with Gasteiger partial charge in [0, 0.05) is 19.9 Å². The fourth-order valence-electron chi connectivity index (χ4n) is 2.35. The van der Waals surface area contributed by atoms with Crippen LogP contribution in [0.3, 0.4) is 0 Å². The Kier molecular flexibility index (Phi) is 4.04. The minimum Gasteiger partial charge on any atom is -0.227 e. The molecule has 106 valence electrons. The Balaban J connectivity index is 2.30. The van der Waals surface area contributed by atoms with E-state index in [-0.39, 0.29) is 0 Å². The lowest BCUT2D eigenvalue weighted by Crippen LogP contribution is -1.94. The minimum absolute atomic E-state index is 0.455. The minimum atomic E-state index is 0.455. The van der Waals surface area contributed by atoms with Crippen molar-refractivity contribution in [2.45, 2.75) is 13.8 Å². The third-order valence-electron chi connectivity index (χ3n) is 3.15. The molecule has 0 bridgehead atoms. The molecular weight excluding hydrogens is 415 g/mol. The molecule has 0 aliphatic heterocycles. The fourth-order valence-corrected chi connectivity index (χ4v) is 3.89. The monoisotopic (exact) mass is 424 g/mol. The molecule has 1 heterocycles. The van der Waals surface area contributed by atoms with Crippen LogP contribution in [0.15, 0.2) is 39.3 Å². The van der Waals surface area contributed by atoms with E-state index >= 15 is 0 Å². The van der Waals surface area contributed by atoms with Crippen molar-refractivity contribution in [1.29, 1.82) is 0 Å². The topological polar surface area (TPSA) is 25.8 Å². The van der Waals surface area contributed by atoms with Gasteiger partial charge in [0.05, 0.1) is 5.52 Å². The molecule has 0 atom stereocenters. The lowest BCUT2D eigenvalue weighted by atomic mass is 10.1. The second kappa shape index (κ2) is 5.67. The molecule has 0 unspecified atom stereocenters. The second-order valence-electron chi connectivity index (χ2n) is 5.00. The van der Waals surface area contributed by atoms with Crippen molar-refractivity contribution < 1.29 is 0 Å². The third kappa shape index (κ3) is 2.98. The number of benzene rings is 2. The van der Waals surface area contributed by atoms with Crippen molar-refractivity contribution in [3.05, 3.63) is 55.6 Å². The van der Waals surface area contributed by atoms with Gasteiger partial charge < -0.3 is 0 Å². The Morgan fingerprint density at radius 2 is 1.57 bits per heavy atom. The van der Waals surface area contributed by atoms with E-state index in [0.717, 1.165) is 25.4 Å². The lowest BCUT2D eigenvalue weighted by Gasteiger charge is -2.08. The molecule has 0 N–H and O–H groups in total. The lowest BCUT2D eigenvalue weighted by molar-refractivity contribution is 1.21. The number of rotatable bonds is 1. The van der Waals surface area contributed by atoms with Gasteiger partial charge in [-0.05, 0) is 54.0 Å². The Labute approximate surface area is 144 Å². The SMILES string of the molecule is Cc1cc(C)cc(-c2nc(Cl)c3cc(Br)cc(Br)c3n2)c1. The quantitative estimate of drug-likeness (QED) is 0.440. The van der Waals surface area contributed by atoms with Crippen molar-refractivity contribution >= 4 is 54.4 Å². The van der Waals surface area contributed by atoms with E-state index < -0.39 is 0 Å². The van der Waals surface area contributed by atoms with Gasteiger partial charge in [-0.2, -0.15) is 0 Å². The van der Waals surface area contributed by atoms with Crippen LogP contribution in [0.25, 0.3) is 22.3 Å². The maximum absolute atomic E-state index is 6.34. The molecular formula is C16H11Br2ClN2. The molecule has 0 amide bonds. The first-order chi connectivity index (χ1) is 9.94. The summed E-state index contributed by atoms with van der Waals surface area (Å²) in [5, 5.41) is 1.28. The molecule has 2 nitrogen and oxygen atoms in total. The van der Waals surface area contributed by atoms with Gasteiger partial charge in [0.1, 0.15) is 5.15 Å². The van der Waals surface area contributed by atoms with E-state index in [2.05, 4.69) is 73.9 Å². The van der Waals surface area contributed by atoms with Crippen molar-refractivity contribution in [2.24, 2.45) is 0 Å². The van der Waals surface area contributed by atoms with Crippen LogP contribution in [0.4, 0.5) is 0 Å². The highest BCUT2D eigenvalue weighted by atomic mass is 79.9. The fraction of sp³-hybridized carbons (Fsp3) is 0.125. The van der Waals surface area contributed by atoms with E-state index in [4.69, 9.17) is 11.6 Å². The zero-order chi connectivity index (χ0) is 15.1. The van der Waals surface area contributed by atoms with Gasteiger partial charge in [-0.3, -0.25) is 0 Å². The van der Waals surface area contributed by atoms with E-state index in [9.17, 15) is 0 Å². The Hall–Kier alpha value is -0.970. The van der Waals surface area contributed by atoms with Crippen LogP contribution < -0.4 is 0 Å². The number of nitrogens with zero attached hydrogens (tertiary/aromatic N) is 2. The summed E-state index contributed by atoms with van der Waals surface area (Å²) in [6.45, 7) is 4.12. The van der Waals surface area contributed by atoms with E-state index in [1.54, 1.807) is 0 Å². The molecule has 0 radical (unpaired) electrons. The molecule has 1 aromatic heterocycles.